The zero-order chi connectivity index (χ0) is 8.65. The number of carbonyl (C=O) groups excluding carboxylic acids is 1. The number of urea groups is 1. The normalized spacial score (nSPS) is 30.4. The summed E-state index contributed by atoms with van der Waals surface area (Å²) in [5.74, 6) is -0.988. The molecule has 1 fully saturated rings. The Kier molecular flexibility index (Phi) is 1.51. The summed E-state index contributed by atoms with van der Waals surface area (Å²) < 4.78 is 0. The van der Waals surface area contributed by atoms with Crippen LogP contribution in [-0.4, -0.2) is 41.1 Å². The number of aliphatic carboxylic acids is 1. The minimum atomic E-state index is -1.09. The second-order valence-electron chi connectivity index (χ2n) is 2.80. The van der Waals surface area contributed by atoms with E-state index in [1.807, 2.05) is 0 Å². The molecule has 2 N–H and O–H groups in total. The van der Waals surface area contributed by atoms with Crippen LogP contribution in [0.3, 0.4) is 0 Å². The molecule has 0 spiro atoms. The van der Waals surface area contributed by atoms with Crippen molar-refractivity contribution in [1.29, 1.82) is 0 Å². The maximum atomic E-state index is 10.8. The summed E-state index contributed by atoms with van der Waals surface area (Å²) in [6, 6.07) is -0.338. The predicted octanol–water partition coefficient (Wildman–Crippen LogP) is -0.515. The van der Waals surface area contributed by atoms with Gasteiger partial charge in [-0.2, -0.15) is 0 Å². The van der Waals surface area contributed by atoms with Crippen molar-refractivity contribution < 1.29 is 14.7 Å². The highest BCUT2D eigenvalue weighted by Gasteiger charge is 2.45. The summed E-state index contributed by atoms with van der Waals surface area (Å²) in [7, 11) is 1.47. The van der Waals surface area contributed by atoms with Crippen molar-refractivity contribution in [2.75, 3.05) is 13.6 Å². The largest absolute Gasteiger partial charge is 0.479 e. The molecule has 5 nitrogen and oxygen atoms in total. The van der Waals surface area contributed by atoms with E-state index in [4.69, 9.17) is 5.11 Å². The molecule has 1 unspecified atom stereocenters. The van der Waals surface area contributed by atoms with Crippen LogP contribution in [0.15, 0.2) is 0 Å². The third-order valence-electron chi connectivity index (χ3n) is 2.09. The van der Waals surface area contributed by atoms with Crippen LogP contribution in [0.4, 0.5) is 4.79 Å². The van der Waals surface area contributed by atoms with E-state index in [2.05, 4.69) is 5.32 Å². The first-order valence-electron chi connectivity index (χ1n) is 3.23. The van der Waals surface area contributed by atoms with Crippen molar-refractivity contribution in [2.24, 2.45) is 0 Å². The molecule has 11 heavy (non-hydrogen) atoms. The minimum Gasteiger partial charge on any atom is -0.479 e. The molecule has 1 aliphatic heterocycles. The van der Waals surface area contributed by atoms with Gasteiger partial charge in [-0.25, -0.2) is 9.59 Å². The average molecular weight is 158 g/mol. The molecule has 62 valence electrons. The number of nitrogens with one attached hydrogen (secondary N) is 1. The van der Waals surface area contributed by atoms with E-state index in [0.717, 1.165) is 0 Å². The van der Waals surface area contributed by atoms with E-state index in [0.29, 0.717) is 0 Å². The van der Waals surface area contributed by atoms with Crippen LogP contribution in [0.25, 0.3) is 0 Å². The first kappa shape index (κ1) is 7.84. The molecular weight excluding hydrogens is 148 g/mol. The molecule has 2 amide bonds. The van der Waals surface area contributed by atoms with Crippen molar-refractivity contribution in [3.63, 3.8) is 0 Å². The second-order valence-corrected chi connectivity index (χ2v) is 2.80. The molecule has 1 saturated heterocycles. The molecule has 5 heteroatoms. The number of carboxylic acids is 1. The molecule has 1 heterocycles. The number of hydrogen-bond donors (Lipinski definition) is 2. The Morgan fingerprint density at radius 2 is 2.36 bits per heavy atom. The standard InChI is InChI=1S/C6H10N2O3/c1-6(4(9)10)3-7-5(11)8(6)2/h3H2,1-2H3,(H,7,11)(H,9,10). The van der Waals surface area contributed by atoms with Gasteiger partial charge in [-0.15, -0.1) is 0 Å². The SMILES string of the molecule is CN1C(=O)NCC1(C)C(=O)O. The molecule has 0 radical (unpaired) electrons. The Morgan fingerprint density at radius 1 is 1.82 bits per heavy atom. The maximum Gasteiger partial charge on any atom is 0.331 e. The molecule has 1 atom stereocenters. The van der Waals surface area contributed by atoms with Gasteiger partial charge in [0, 0.05) is 7.05 Å². The van der Waals surface area contributed by atoms with Gasteiger partial charge in [-0.1, -0.05) is 0 Å². The van der Waals surface area contributed by atoms with E-state index >= 15 is 0 Å². The Bertz CT molecular complexity index is 216. The zero-order valence-corrected chi connectivity index (χ0v) is 6.42. The summed E-state index contributed by atoms with van der Waals surface area (Å²) in [4.78, 5) is 22.7. The predicted molar refractivity (Wildman–Crippen MR) is 37.2 cm³/mol. The van der Waals surface area contributed by atoms with E-state index < -0.39 is 11.5 Å². The number of likely N-dealkylation sites (N-methyl/N-ethyl adjacent to an activating group) is 1. The molecular formula is C6H10N2O3. The summed E-state index contributed by atoms with van der Waals surface area (Å²) in [5, 5.41) is 11.2. The van der Waals surface area contributed by atoms with Gasteiger partial charge in [0.05, 0.1) is 6.54 Å². The third kappa shape index (κ3) is 0.923. The molecule has 0 saturated carbocycles. The highest BCUT2D eigenvalue weighted by Crippen LogP contribution is 2.17. The lowest BCUT2D eigenvalue weighted by atomic mass is 10.0. The summed E-state index contributed by atoms with van der Waals surface area (Å²) in [5.41, 5.74) is -1.09. The smallest absolute Gasteiger partial charge is 0.331 e. The molecule has 0 bridgehead atoms. The van der Waals surface area contributed by atoms with Gasteiger partial charge >= 0.3 is 12.0 Å². The highest BCUT2D eigenvalue weighted by atomic mass is 16.4. The first-order valence-corrected chi connectivity index (χ1v) is 3.23. The van der Waals surface area contributed by atoms with Crippen LogP contribution in [-0.2, 0) is 4.79 Å². The number of amides is 2. The summed E-state index contributed by atoms with van der Waals surface area (Å²) in [6.07, 6.45) is 0. The van der Waals surface area contributed by atoms with Crippen LogP contribution >= 0.6 is 0 Å². The fourth-order valence-corrected chi connectivity index (χ4v) is 0.928. The summed E-state index contributed by atoms with van der Waals surface area (Å²) in [6.45, 7) is 1.67. The third-order valence-corrected chi connectivity index (χ3v) is 2.09. The van der Waals surface area contributed by atoms with Gasteiger partial charge in [0.15, 0.2) is 5.54 Å². The number of hydrogen-bond acceptors (Lipinski definition) is 2. The number of carbonyl (C=O) groups is 2. The van der Waals surface area contributed by atoms with E-state index in [-0.39, 0.29) is 12.6 Å². The topological polar surface area (TPSA) is 69.6 Å². The molecule has 0 aromatic heterocycles. The fraction of sp³-hybridized carbons (Fsp3) is 0.667. The molecule has 1 rings (SSSR count). The molecule has 0 aromatic carbocycles. The van der Waals surface area contributed by atoms with Crippen LogP contribution in [0.1, 0.15) is 6.92 Å². The Labute approximate surface area is 64.0 Å². The molecule has 0 aliphatic carbocycles. The number of carboxylic acid groups (broad SMARTS) is 1. The van der Waals surface area contributed by atoms with Crippen molar-refractivity contribution >= 4 is 12.0 Å². The van der Waals surface area contributed by atoms with Crippen LogP contribution in [0.2, 0.25) is 0 Å². The van der Waals surface area contributed by atoms with Gasteiger partial charge in [-0.3, -0.25) is 0 Å². The van der Waals surface area contributed by atoms with Gasteiger partial charge < -0.3 is 15.3 Å². The number of nitrogens with zero attached hydrogens (tertiary/aromatic N) is 1. The van der Waals surface area contributed by atoms with Crippen LogP contribution < -0.4 is 5.32 Å². The van der Waals surface area contributed by atoms with Gasteiger partial charge in [0.2, 0.25) is 0 Å². The lowest BCUT2D eigenvalue weighted by molar-refractivity contribution is -0.146. The van der Waals surface area contributed by atoms with Crippen LogP contribution in [0, 0.1) is 0 Å². The molecule has 0 aromatic rings. The van der Waals surface area contributed by atoms with Crippen molar-refractivity contribution in [1.82, 2.24) is 10.2 Å². The number of rotatable bonds is 1. The highest BCUT2D eigenvalue weighted by molar-refractivity contribution is 5.89. The Hall–Kier alpha value is -1.26. The fourth-order valence-electron chi connectivity index (χ4n) is 0.928. The Morgan fingerprint density at radius 3 is 2.55 bits per heavy atom. The summed E-state index contributed by atoms with van der Waals surface area (Å²) >= 11 is 0. The Balaban J connectivity index is 2.89. The second kappa shape index (κ2) is 2.11. The van der Waals surface area contributed by atoms with Gasteiger partial charge in [-0.05, 0) is 6.92 Å². The van der Waals surface area contributed by atoms with Crippen molar-refractivity contribution in [3.05, 3.63) is 0 Å². The van der Waals surface area contributed by atoms with E-state index in [1.165, 1.54) is 18.9 Å². The average Bonchev–Trinajstić information content (AvgIpc) is 2.18. The van der Waals surface area contributed by atoms with E-state index in [9.17, 15) is 9.59 Å². The lowest BCUT2D eigenvalue weighted by Gasteiger charge is -2.24. The zero-order valence-electron chi connectivity index (χ0n) is 6.42. The monoisotopic (exact) mass is 158 g/mol. The molecule has 1 aliphatic rings. The maximum absolute atomic E-state index is 10.8. The van der Waals surface area contributed by atoms with Gasteiger partial charge in [0.1, 0.15) is 0 Å². The lowest BCUT2D eigenvalue weighted by Crippen LogP contribution is -2.48. The van der Waals surface area contributed by atoms with Crippen molar-refractivity contribution in [3.8, 4) is 0 Å². The van der Waals surface area contributed by atoms with E-state index in [1.54, 1.807) is 0 Å². The van der Waals surface area contributed by atoms with Crippen molar-refractivity contribution in [2.45, 2.75) is 12.5 Å². The minimum absolute atomic E-state index is 0.164. The van der Waals surface area contributed by atoms with Crippen LogP contribution in [0.5, 0.6) is 0 Å². The van der Waals surface area contributed by atoms with Gasteiger partial charge in [0.25, 0.3) is 0 Å². The first-order chi connectivity index (χ1) is 4.98. The quantitative estimate of drug-likeness (QED) is 0.539.